The van der Waals surface area contributed by atoms with Gasteiger partial charge in [0.2, 0.25) is 0 Å². The highest BCUT2D eigenvalue weighted by Gasteiger charge is 2.24. The molecule has 1 aliphatic carbocycles. The van der Waals surface area contributed by atoms with Crippen molar-refractivity contribution in [2.75, 3.05) is 0 Å². The van der Waals surface area contributed by atoms with E-state index in [1.807, 2.05) is 6.07 Å². The van der Waals surface area contributed by atoms with Gasteiger partial charge >= 0.3 is 0 Å². The summed E-state index contributed by atoms with van der Waals surface area (Å²) in [5, 5.41) is 0. The average Bonchev–Trinajstić information content (AvgIpc) is 2.30. The molecule has 0 heterocycles. The number of aryl methyl sites for hydroxylation is 1. The van der Waals surface area contributed by atoms with Crippen molar-refractivity contribution in [3.63, 3.8) is 0 Å². The zero-order chi connectivity index (χ0) is 12.3. The van der Waals surface area contributed by atoms with Gasteiger partial charge in [-0.3, -0.25) is 4.18 Å². The molecule has 0 bridgehead atoms. The quantitative estimate of drug-likeness (QED) is 0.779. The van der Waals surface area contributed by atoms with Crippen LogP contribution in [0.3, 0.4) is 0 Å². The molecule has 2 rings (SSSR count). The molecule has 17 heavy (non-hydrogen) atoms. The molecule has 3 nitrogen and oxygen atoms in total. The van der Waals surface area contributed by atoms with Crippen LogP contribution >= 0.6 is 0 Å². The van der Waals surface area contributed by atoms with E-state index in [0.717, 1.165) is 31.2 Å². The van der Waals surface area contributed by atoms with E-state index in [0.29, 0.717) is 4.90 Å². The summed E-state index contributed by atoms with van der Waals surface area (Å²) in [5.41, 5.74) is 0.739. The summed E-state index contributed by atoms with van der Waals surface area (Å²) >= 11 is 0. The number of rotatable bonds is 3. The molecule has 0 spiro atoms. The molecular formula is C13H18O3S. The second kappa shape index (κ2) is 5.19. The Balaban J connectivity index is 2.16. The van der Waals surface area contributed by atoms with Gasteiger partial charge in [0, 0.05) is 0 Å². The third-order valence-electron chi connectivity index (χ3n) is 3.18. The van der Waals surface area contributed by atoms with Crippen LogP contribution in [-0.2, 0) is 14.3 Å². The normalized spacial score (nSPS) is 18.2. The maximum absolute atomic E-state index is 12.1. The van der Waals surface area contributed by atoms with Gasteiger partial charge in [-0.25, -0.2) is 0 Å². The monoisotopic (exact) mass is 254 g/mol. The molecule has 1 saturated carbocycles. The summed E-state index contributed by atoms with van der Waals surface area (Å²) < 4.78 is 29.5. The third kappa shape index (κ3) is 3.07. The van der Waals surface area contributed by atoms with Crippen molar-refractivity contribution < 1.29 is 12.6 Å². The molecule has 0 radical (unpaired) electrons. The molecule has 0 amide bonds. The highest BCUT2D eigenvalue weighted by Crippen LogP contribution is 2.25. The minimum atomic E-state index is -3.59. The standard InChI is InChI=1S/C13H18O3S/c1-11-7-5-6-10-13(11)17(14,15)16-12-8-3-2-4-9-12/h5-7,10,12H,2-4,8-9H2,1H3. The first-order valence-corrected chi connectivity index (χ1v) is 7.49. The van der Waals surface area contributed by atoms with Crippen LogP contribution in [-0.4, -0.2) is 14.5 Å². The first-order valence-electron chi connectivity index (χ1n) is 6.08. The SMILES string of the molecule is Cc1ccccc1S(=O)(=O)OC1CCCCC1. The highest BCUT2D eigenvalue weighted by molar-refractivity contribution is 7.86. The van der Waals surface area contributed by atoms with Crippen LogP contribution in [0.4, 0.5) is 0 Å². The summed E-state index contributed by atoms with van der Waals surface area (Å²) in [7, 11) is -3.59. The van der Waals surface area contributed by atoms with Gasteiger partial charge in [-0.15, -0.1) is 0 Å². The molecule has 0 saturated heterocycles. The lowest BCUT2D eigenvalue weighted by Gasteiger charge is -2.21. The molecule has 1 aromatic carbocycles. The van der Waals surface area contributed by atoms with E-state index in [9.17, 15) is 8.42 Å². The number of hydrogen-bond donors (Lipinski definition) is 0. The number of benzene rings is 1. The van der Waals surface area contributed by atoms with Crippen LogP contribution in [0, 0.1) is 6.92 Å². The van der Waals surface area contributed by atoms with Crippen molar-refractivity contribution in [2.45, 2.75) is 50.0 Å². The molecular weight excluding hydrogens is 236 g/mol. The molecule has 1 aromatic rings. The Kier molecular flexibility index (Phi) is 3.84. The molecule has 4 heteroatoms. The molecule has 0 atom stereocenters. The summed E-state index contributed by atoms with van der Waals surface area (Å²) in [4.78, 5) is 0.297. The van der Waals surface area contributed by atoms with Crippen molar-refractivity contribution in [3.8, 4) is 0 Å². The van der Waals surface area contributed by atoms with Crippen LogP contribution in [0.25, 0.3) is 0 Å². The fourth-order valence-corrected chi connectivity index (χ4v) is 3.59. The Morgan fingerprint density at radius 1 is 1.12 bits per heavy atom. The van der Waals surface area contributed by atoms with Crippen molar-refractivity contribution >= 4 is 10.1 Å². The predicted molar refractivity (Wildman–Crippen MR) is 66.3 cm³/mol. The molecule has 1 aliphatic rings. The van der Waals surface area contributed by atoms with Crippen LogP contribution in [0.2, 0.25) is 0 Å². The third-order valence-corrected chi connectivity index (χ3v) is 4.70. The molecule has 1 fully saturated rings. The van der Waals surface area contributed by atoms with E-state index in [4.69, 9.17) is 4.18 Å². The second-order valence-electron chi connectivity index (χ2n) is 4.58. The first kappa shape index (κ1) is 12.6. The zero-order valence-corrected chi connectivity index (χ0v) is 10.9. The molecule has 0 aromatic heterocycles. The van der Waals surface area contributed by atoms with Crippen molar-refractivity contribution in [2.24, 2.45) is 0 Å². The smallest absolute Gasteiger partial charge is 0.263 e. The zero-order valence-electron chi connectivity index (χ0n) is 10.1. The Hall–Kier alpha value is -0.870. The maximum atomic E-state index is 12.1. The minimum Gasteiger partial charge on any atom is -0.263 e. The van der Waals surface area contributed by atoms with Gasteiger partial charge in [0.25, 0.3) is 10.1 Å². The molecule has 0 N–H and O–H groups in total. The Bertz CT molecular complexity index is 473. The van der Waals surface area contributed by atoms with Gasteiger partial charge < -0.3 is 0 Å². The highest BCUT2D eigenvalue weighted by atomic mass is 32.2. The summed E-state index contributed by atoms with van der Waals surface area (Å²) in [6.45, 7) is 1.79. The van der Waals surface area contributed by atoms with E-state index in [1.165, 1.54) is 6.42 Å². The summed E-state index contributed by atoms with van der Waals surface area (Å²) in [5.74, 6) is 0. The van der Waals surface area contributed by atoms with Gasteiger partial charge in [-0.1, -0.05) is 37.5 Å². The summed E-state index contributed by atoms with van der Waals surface area (Å²) in [6.07, 6.45) is 4.89. The van der Waals surface area contributed by atoms with Crippen molar-refractivity contribution in [3.05, 3.63) is 29.8 Å². The predicted octanol–water partition coefficient (Wildman–Crippen LogP) is 3.03. The van der Waals surface area contributed by atoms with E-state index in [-0.39, 0.29) is 6.10 Å². The van der Waals surface area contributed by atoms with Crippen LogP contribution in [0.1, 0.15) is 37.7 Å². The van der Waals surface area contributed by atoms with Gasteiger partial charge in [0.05, 0.1) is 11.0 Å². The Morgan fingerprint density at radius 3 is 2.41 bits per heavy atom. The Morgan fingerprint density at radius 2 is 1.76 bits per heavy atom. The van der Waals surface area contributed by atoms with E-state index in [2.05, 4.69) is 0 Å². The molecule has 0 unspecified atom stereocenters. The maximum Gasteiger partial charge on any atom is 0.297 e. The molecule has 94 valence electrons. The lowest BCUT2D eigenvalue weighted by Crippen LogP contribution is -2.21. The van der Waals surface area contributed by atoms with Crippen molar-refractivity contribution in [1.29, 1.82) is 0 Å². The largest absolute Gasteiger partial charge is 0.297 e. The topological polar surface area (TPSA) is 43.4 Å². The first-order chi connectivity index (χ1) is 8.09. The van der Waals surface area contributed by atoms with Crippen LogP contribution in [0.15, 0.2) is 29.2 Å². The molecule has 0 aliphatic heterocycles. The van der Waals surface area contributed by atoms with Crippen LogP contribution < -0.4 is 0 Å². The van der Waals surface area contributed by atoms with Gasteiger partial charge in [-0.05, 0) is 31.4 Å². The van der Waals surface area contributed by atoms with Crippen molar-refractivity contribution in [1.82, 2.24) is 0 Å². The lowest BCUT2D eigenvalue weighted by molar-refractivity contribution is 0.162. The fraction of sp³-hybridized carbons (Fsp3) is 0.538. The second-order valence-corrected chi connectivity index (χ2v) is 6.12. The van der Waals surface area contributed by atoms with E-state index in [1.54, 1.807) is 25.1 Å². The minimum absolute atomic E-state index is 0.131. The van der Waals surface area contributed by atoms with Gasteiger partial charge in [0.1, 0.15) is 0 Å². The number of hydrogen-bond acceptors (Lipinski definition) is 3. The lowest BCUT2D eigenvalue weighted by atomic mass is 9.98. The summed E-state index contributed by atoms with van der Waals surface area (Å²) in [6, 6.07) is 6.95. The van der Waals surface area contributed by atoms with E-state index < -0.39 is 10.1 Å². The van der Waals surface area contributed by atoms with Crippen LogP contribution in [0.5, 0.6) is 0 Å². The fourth-order valence-electron chi connectivity index (χ4n) is 2.23. The Labute approximate surface area is 103 Å². The van der Waals surface area contributed by atoms with Gasteiger partial charge in [0.15, 0.2) is 0 Å². The van der Waals surface area contributed by atoms with E-state index >= 15 is 0 Å². The van der Waals surface area contributed by atoms with Gasteiger partial charge in [-0.2, -0.15) is 8.42 Å². The average molecular weight is 254 g/mol.